The summed E-state index contributed by atoms with van der Waals surface area (Å²) in [6.45, 7) is 2.16. The van der Waals surface area contributed by atoms with Crippen molar-refractivity contribution in [1.29, 1.82) is 0 Å². The van der Waals surface area contributed by atoms with Crippen LogP contribution in [0.25, 0.3) is 22.3 Å². The quantitative estimate of drug-likeness (QED) is 0.669. The molecular formula is C19H17FN2O. The van der Waals surface area contributed by atoms with Crippen molar-refractivity contribution in [3.8, 4) is 17.1 Å². The summed E-state index contributed by atoms with van der Waals surface area (Å²) < 4.78 is 18.1. The molecule has 0 aliphatic heterocycles. The van der Waals surface area contributed by atoms with Crippen LogP contribution in [0, 0.1) is 0 Å². The minimum atomic E-state index is 0.263. The molecule has 0 bridgehead atoms. The summed E-state index contributed by atoms with van der Waals surface area (Å²) in [6.07, 6.45) is 3.07. The fourth-order valence-electron chi connectivity index (χ4n) is 2.20. The van der Waals surface area contributed by atoms with Crippen LogP contribution in [0.15, 0.2) is 66.6 Å². The van der Waals surface area contributed by atoms with Gasteiger partial charge in [0.05, 0.1) is 11.8 Å². The summed E-state index contributed by atoms with van der Waals surface area (Å²) in [7, 11) is 0. The fraction of sp³-hybridized carbons (Fsp3) is 0.158. The van der Waals surface area contributed by atoms with Gasteiger partial charge in [-0.2, -0.15) is 0 Å². The van der Waals surface area contributed by atoms with Crippen molar-refractivity contribution in [2.24, 2.45) is 0 Å². The molecule has 0 atom stereocenters. The van der Waals surface area contributed by atoms with Gasteiger partial charge < -0.3 is 4.74 Å². The van der Waals surface area contributed by atoms with Gasteiger partial charge in [-0.25, -0.2) is 14.4 Å². The second-order valence-corrected chi connectivity index (χ2v) is 5.19. The van der Waals surface area contributed by atoms with Crippen LogP contribution in [0.2, 0.25) is 0 Å². The maximum Gasteiger partial charge on any atom is 0.159 e. The van der Waals surface area contributed by atoms with E-state index in [1.807, 2.05) is 61.7 Å². The Labute approximate surface area is 134 Å². The van der Waals surface area contributed by atoms with Crippen LogP contribution in [-0.2, 0) is 0 Å². The van der Waals surface area contributed by atoms with Gasteiger partial charge in [-0.1, -0.05) is 25.1 Å². The molecule has 116 valence electrons. The van der Waals surface area contributed by atoms with E-state index in [0.717, 1.165) is 16.5 Å². The fourth-order valence-corrected chi connectivity index (χ4v) is 2.20. The van der Waals surface area contributed by atoms with E-state index in [-0.39, 0.29) is 6.61 Å². The molecule has 0 unspecified atom stereocenters. The maximum atomic E-state index is 12.5. The molecule has 0 fully saturated rings. The number of fused-ring (bicyclic) bond motifs is 1. The summed E-state index contributed by atoms with van der Waals surface area (Å²) in [6, 6.07) is 15.4. The summed E-state index contributed by atoms with van der Waals surface area (Å²) in [5.74, 6) is 1.37. The van der Waals surface area contributed by atoms with Gasteiger partial charge in [-0.15, -0.1) is 0 Å². The smallest absolute Gasteiger partial charge is 0.159 e. The predicted molar refractivity (Wildman–Crippen MR) is 90.0 cm³/mol. The highest BCUT2D eigenvalue weighted by atomic mass is 19.1. The Bertz CT molecular complexity index is 828. The van der Waals surface area contributed by atoms with Gasteiger partial charge in [0.1, 0.15) is 12.4 Å². The van der Waals surface area contributed by atoms with Crippen molar-refractivity contribution in [2.75, 3.05) is 6.61 Å². The Morgan fingerprint density at radius 1 is 1.13 bits per heavy atom. The lowest BCUT2D eigenvalue weighted by Gasteiger charge is -2.08. The van der Waals surface area contributed by atoms with Crippen LogP contribution in [0.5, 0.6) is 5.75 Å². The lowest BCUT2D eigenvalue weighted by molar-refractivity contribution is 0.345. The first kappa shape index (κ1) is 15.2. The molecule has 0 amide bonds. The van der Waals surface area contributed by atoms with E-state index in [0.29, 0.717) is 29.9 Å². The molecule has 0 saturated carbocycles. The van der Waals surface area contributed by atoms with Gasteiger partial charge in [0.15, 0.2) is 5.82 Å². The number of para-hydroxylation sites is 1. The zero-order chi connectivity index (χ0) is 16.1. The predicted octanol–water partition coefficient (Wildman–Crippen LogP) is 4.94. The molecule has 2 aromatic carbocycles. The number of rotatable bonds is 5. The Balaban J connectivity index is 1.78. The second-order valence-electron chi connectivity index (χ2n) is 5.19. The first-order valence-electron chi connectivity index (χ1n) is 7.53. The van der Waals surface area contributed by atoms with E-state index in [9.17, 15) is 4.39 Å². The van der Waals surface area contributed by atoms with Crippen molar-refractivity contribution in [3.63, 3.8) is 0 Å². The van der Waals surface area contributed by atoms with E-state index in [2.05, 4.69) is 9.97 Å². The Morgan fingerprint density at radius 3 is 2.65 bits per heavy atom. The molecule has 0 N–H and O–H groups in total. The maximum absolute atomic E-state index is 12.5. The molecule has 0 aliphatic carbocycles. The molecule has 0 radical (unpaired) electrons. The number of nitrogens with zero attached hydrogens (tertiary/aromatic N) is 2. The largest absolute Gasteiger partial charge is 0.489 e. The topological polar surface area (TPSA) is 35.0 Å². The molecule has 3 aromatic rings. The van der Waals surface area contributed by atoms with Crippen LogP contribution in [0.4, 0.5) is 4.39 Å². The van der Waals surface area contributed by atoms with Gasteiger partial charge in [0, 0.05) is 17.1 Å². The van der Waals surface area contributed by atoms with Crippen molar-refractivity contribution in [2.45, 2.75) is 13.3 Å². The average molecular weight is 308 g/mol. The number of halogens is 1. The molecule has 1 heterocycles. The first-order valence-corrected chi connectivity index (χ1v) is 7.53. The highest BCUT2D eigenvalue weighted by molar-refractivity contribution is 5.79. The van der Waals surface area contributed by atoms with Crippen LogP contribution < -0.4 is 4.74 Å². The number of aromatic nitrogens is 2. The third-order valence-corrected chi connectivity index (χ3v) is 3.63. The van der Waals surface area contributed by atoms with Gasteiger partial charge in [0.25, 0.3) is 0 Å². The summed E-state index contributed by atoms with van der Waals surface area (Å²) in [5, 5.41) is 1.02. The third-order valence-electron chi connectivity index (χ3n) is 3.63. The minimum absolute atomic E-state index is 0.263. The summed E-state index contributed by atoms with van der Waals surface area (Å²) in [5.41, 5.74) is 2.46. The SMILES string of the molecule is CCC(=CF)COc1ccc(-c2ncc3ccccc3n2)cc1. The molecule has 0 spiro atoms. The first-order chi connectivity index (χ1) is 11.3. The second kappa shape index (κ2) is 7.01. The summed E-state index contributed by atoms with van der Waals surface area (Å²) in [4.78, 5) is 8.96. The molecule has 1 aromatic heterocycles. The van der Waals surface area contributed by atoms with Gasteiger partial charge in [-0.3, -0.25) is 0 Å². The van der Waals surface area contributed by atoms with Crippen LogP contribution in [-0.4, -0.2) is 16.6 Å². The van der Waals surface area contributed by atoms with E-state index < -0.39 is 0 Å². The third kappa shape index (κ3) is 3.54. The van der Waals surface area contributed by atoms with Crippen molar-refractivity contribution >= 4 is 10.9 Å². The molecular weight excluding hydrogens is 291 g/mol. The van der Waals surface area contributed by atoms with E-state index in [1.54, 1.807) is 0 Å². The van der Waals surface area contributed by atoms with Crippen LogP contribution in [0.1, 0.15) is 13.3 Å². The van der Waals surface area contributed by atoms with Crippen LogP contribution >= 0.6 is 0 Å². The van der Waals surface area contributed by atoms with Crippen molar-refractivity contribution in [1.82, 2.24) is 9.97 Å². The number of hydrogen-bond donors (Lipinski definition) is 0. The Morgan fingerprint density at radius 2 is 1.91 bits per heavy atom. The van der Waals surface area contributed by atoms with Crippen molar-refractivity contribution < 1.29 is 9.13 Å². The lowest BCUT2D eigenvalue weighted by atomic mass is 10.2. The van der Waals surface area contributed by atoms with E-state index >= 15 is 0 Å². The molecule has 0 aliphatic rings. The Kier molecular flexibility index (Phi) is 4.62. The van der Waals surface area contributed by atoms with Crippen LogP contribution in [0.3, 0.4) is 0 Å². The average Bonchev–Trinajstić information content (AvgIpc) is 2.63. The van der Waals surface area contributed by atoms with Gasteiger partial charge >= 0.3 is 0 Å². The zero-order valence-corrected chi connectivity index (χ0v) is 12.9. The van der Waals surface area contributed by atoms with Gasteiger partial charge in [-0.05, 0) is 42.3 Å². The van der Waals surface area contributed by atoms with E-state index in [4.69, 9.17) is 4.74 Å². The normalized spacial score (nSPS) is 11.7. The van der Waals surface area contributed by atoms with Crippen molar-refractivity contribution in [3.05, 3.63) is 66.6 Å². The molecule has 0 saturated heterocycles. The number of hydrogen-bond acceptors (Lipinski definition) is 3. The molecule has 23 heavy (non-hydrogen) atoms. The minimum Gasteiger partial charge on any atom is -0.489 e. The molecule has 4 heteroatoms. The monoisotopic (exact) mass is 308 g/mol. The standard InChI is InChI=1S/C19H17FN2O/c1-2-14(11-20)13-23-17-9-7-15(8-10-17)19-21-12-16-5-3-4-6-18(16)22-19/h3-12H,2,13H2,1H3. The van der Waals surface area contributed by atoms with Gasteiger partial charge in [0.2, 0.25) is 0 Å². The summed E-state index contributed by atoms with van der Waals surface area (Å²) >= 11 is 0. The highest BCUT2D eigenvalue weighted by Crippen LogP contribution is 2.21. The Hall–Kier alpha value is -2.75. The molecule has 3 nitrogen and oxygen atoms in total. The van der Waals surface area contributed by atoms with E-state index in [1.165, 1.54) is 0 Å². The molecule has 3 rings (SSSR count). The highest BCUT2D eigenvalue weighted by Gasteiger charge is 2.04. The lowest BCUT2D eigenvalue weighted by Crippen LogP contribution is -2.00. The number of benzene rings is 2. The number of ether oxygens (including phenoxy) is 1. The zero-order valence-electron chi connectivity index (χ0n) is 12.9.